The molecular weight excluding hydrogens is 449 g/mol. The van der Waals surface area contributed by atoms with Crippen LogP contribution >= 0.6 is 11.6 Å². The van der Waals surface area contributed by atoms with Crippen molar-refractivity contribution >= 4 is 35.5 Å². The van der Waals surface area contributed by atoms with Gasteiger partial charge in [0, 0.05) is 13.1 Å². The number of amides is 1. The fraction of sp³-hybridized carbons (Fsp3) is 0.375. The van der Waals surface area contributed by atoms with Crippen molar-refractivity contribution in [1.29, 1.82) is 5.41 Å². The molecule has 4 N–H and O–H groups in total. The zero-order valence-corrected chi connectivity index (χ0v) is 19.0. The lowest BCUT2D eigenvalue weighted by Gasteiger charge is -2.36. The van der Waals surface area contributed by atoms with E-state index in [4.69, 9.17) is 26.9 Å². The maximum absolute atomic E-state index is 14.8. The topological polar surface area (TPSA) is 114 Å². The number of nitrogens with one attached hydrogen (secondary N) is 2. The Hall–Kier alpha value is -2.97. The number of aliphatic hydroxyl groups excluding tert-OH is 1. The molecule has 1 aliphatic carbocycles. The maximum Gasteiger partial charge on any atom is 0.290 e. The summed E-state index contributed by atoms with van der Waals surface area (Å²) in [5.41, 5.74) is 1.55. The minimum atomic E-state index is -0.590. The molecular formula is C24H27ClFN3O4. The molecule has 0 radical (unpaired) electrons. The summed E-state index contributed by atoms with van der Waals surface area (Å²) in [6.45, 7) is 2.52. The highest BCUT2D eigenvalue weighted by Crippen LogP contribution is 2.43. The third kappa shape index (κ3) is 5.69. The van der Waals surface area contributed by atoms with E-state index >= 15 is 0 Å². The van der Waals surface area contributed by atoms with Gasteiger partial charge in [-0.1, -0.05) is 36.7 Å². The second-order valence-corrected chi connectivity index (χ2v) is 8.74. The van der Waals surface area contributed by atoms with Crippen LogP contribution < -0.4 is 5.32 Å². The van der Waals surface area contributed by atoms with Gasteiger partial charge < -0.3 is 20.4 Å². The highest BCUT2D eigenvalue weighted by Gasteiger charge is 2.31. The monoisotopic (exact) mass is 475 g/mol. The van der Waals surface area contributed by atoms with Gasteiger partial charge in [0.2, 0.25) is 0 Å². The number of halogens is 2. The Kier molecular flexibility index (Phi) is 8.05. The molecule has 0 bridgehead atoms. The molecule has 2 unspecified atom stereocenters. The van der Waals surface area contributed by atoms with Crippen LogP contribution in [-0.4, -0.2) is 52.5 Å². The normalized spacial score (nSPS) is 19.8. The van der Waals surface area contributed by atoms with E-state index in [2.05, 4.69) is 5.32 Å². The molecule has 0 aromatic heterocycles. The summed E-state index contributed by atoms with van der Waals surface area (Å²) < 4.78 is 14.8. The van der Waals surface area contributed by atoms with Crippen LogP contribution in [0.3, 0.4) is 0 Å². The highest BCUT2D eigenvalue weighted by atomic mass is 35.5. The Labute approximate surface area is 196 Å². The van der Waals surface area contributed by atoms with Crippen LogP contribution in [-0.2, 0) is 4.79 Å². The van der Waals surface area contributed by atoms with E-state index in [0.29, 0.717) is 29.5 Å². The molecule has 176 valence electrons. The molecule has 2 aromatic carbocycles. The lowest BCUT2D eigenvalue weighted by Crippen LogP contribution is -2.46. The van der Waals surface area contributed by atoms with Crippen molar-refractivity contribution in [3.05, 3.63) is 63.9 Å². The highest BCUT2D eigenvalue weighted by molar-refractivity contribution is 6.34. The Balaban J connectivity index is 0.000000968. The summed E-state index contributed by atoms with van der Waals surface area (Å²) in [7, 11) is 0. The quantitative estimate of drug-likeness (QED) is 0.298. The van der Waals surface area contributed by atoms with Gasteiger partial charge in [0.25, 0.3) is 12.4 Å². The van der Waals surface area contributed by atoms with E-state index in [9.17, 15) is 14.3 Å². The number of carbonyl (C=O) groups excluding carboxylic acids is 1. The van der Waals surface area contributed by atoms with Crippen LogP contribution in [0.25, 0.3) is 0 Å². The molecule has 1 aliphatic heterocycles. The molecule has 2 aromatic rings. The molecule has 7 nitrogen and oxygen atoms in total. The average molecular weight is 476 g/mol. The molecule has 1 saturated carbocycles. The largest absolute Gasteiger partial charge is 0.483 e. The molecule has 4 rings (SSSR count). The summed E-state index contributed by atoms with van der Waals surface area (Å²) in [4.78, 5) is 23.1. The number of piperidine rings is 1. The minimum Gasteiger partial charge on any atom is -0.483 e. The summed E-state index contributed by atoms with van der Waals surface area (Å²) in [6.07, 6.45) is 2.18. The van der Waals surface area contributed by atoms with E-state index in [-0.39, 0.29) is 36.0 Å². The van der Waals surface area contributed by atoms with E-state index in [1.807, 2.05) is 19.1 Å². The predicted molar refractivity (Wildman–Crippen MR) is 125 cm³/mol. The molecule has 2 atom stereocenters. The van der Waals surface area contributed by atoms with Gasteiger partial charge in [-0.25, -0.2) is 4.39 Å². The second-order valence-electron chi connectivity index (χ2n) is 8.33. The van der Waals surface area contributed by atoms with Crippen LogP contribution in [0, 0.1) is 17.1 Å². The first-order valence-corrected chi connectivity index (χ1v) is 11.1. The van der Waals surface area contributed by atoms with E-state index in [1.165, 1.54) is 12.1 Å². The fourth-order valence-corrected chi connectivity index (χ4v) is 4.25. The predicted octanol–water partition coefficient (Wildman–Crippen LogP) is 4.34. The zero-order valence-electron chi connectivity index (χ0n) is 18.2. The fourth-order valence-electron chi connectivity index (χ4n) is 3.98. The van der Waals surface area contributed by atoms with Gasteiger partial charge in [-0.2, -0.15) is 0 Å². The number of hydrogen-bond donors (Lipinski definition) is 4. The summed E-state index contributed by atoms with van der Waals surface area (Å²) in [5.74, 6) is -0.584. The van der Waals surface area contributed by atoms with Gasteiger partial charge in [0.05, 0.1) is 27.9 Å². The third-order valence-electron chi connectivity index (χ3n) is 6.02. The van der Waals surface area contributed by atoms with Crippen LogP contribution in [0.1, 0.15) is 53.6 Å². The first kappa shape index (κ1) is 24.7. The number of hydrogen-bond acceptors (Lipinski definition) is 4. The number of carbonyl (C=O) groups is 2. The number of nitrogens with zero attached hydrogens (tertiary/aromatic N) is 1. The number of aliphatic hydroxyl groups is 1. The number of rotatable bonds is 4. The summed E-state index contributed by atoms with van der Waals surface area (Å²) in [6, 6.07) is 9.77. The van der Waals surface area contributed by atoms with Gasteiger partial charge in [-0.15, -0.1) is 0 Å². The first-order chi connectivity index (χ1) is 15.8. The van der Waals surface area contributed by atoms with Crippen molar-refractivity contribution in [1.82, 2.24) is 4.90 Å². The Morgan fingerprint density at radius 2 is 1.88 bits per heavy atom. The van der Waals surface area contributed by atoms with Gasteiger partial charge >= 0.3 is 0 Å². The number of likely N-dealkylation sites (tertiary alicyclic amines) is 1. The van der Waals surface area contributed by atoms with Crippen molar-refractivity contribution in [3.8, 4) is 0 Å². The van der Waals surface area contributed by atoms with Gasteiger partial charge in [0.15, 0.2) is 0 Å². The molecule has 33 heavy (non-hydrogen) atoms. The Morgan fingerprint density at radius 1 is 1.21 bits per heavy atom. The lowest BCUT2D eigenvalue weighted by molar-refractivity contribution is -0.122. The standard InChI is InChI=1S/C23H25ClFN3O2.CH2O2/c1-13-10-11-28(12-19(13)29)22(26)21-17(25)6-3-7-18(21)27-23(30)20-15(14-8-9-14)4-2-5-16(20)24;2-1-3/h2-7,13-14,19,26,29H,8-12H2,1H3,(H,27,30);1H,(H,2,3). The van der Waals surface area contributed by atoms with Crippen LogP contribution in [0.15, 0.2) is 36.4 Å². The second kappa shape index (κ2) is 10.8. The van der Waals surface area contributed by atoms with Crippen molar-refractivity contribution in [2.75, 3.05) is 18.4 Å². The molecule has 1 heterocycles. The molecule has 2 fully saturated rings. The average Bonchev–Trinajstić information content (AvgIpc) is 3.61. The summed E-state index contributed by atoms with van der Waals surface area (Å²) >= 11 is 6.33. The number of benzene rings is 2. The summed E-state index contributed by atoms with van der Waals surface area (Å²) in [5, 5.41) is 28.8. The van der Waals surface area contributed by atoms with Crippen LogP contribution in [0.2, 0.25) is 5.02 Å². The van der Waals surface area contributed by atoms with Gasteiger partial charge in [-0.05, 0) is 54.9 Å². The van der Waals surface area contributed by atoms with E-state index in [1.54, 1.807) is 17.0 Å². The van der Waals surface area contributed by atoms with Crippen molar-refractivity contribution in [2.45, 2.75) is 38.2 Å². The molecule has 0 spiro atoms. The van der Waals surface area contributed by atoms with E-state index < -0.39 is 17.8 Å². The lowest BCUT2D eigenvalue weighted by atomic mass is 9.95. The number of carboxylic acid groups (broad SMARTS) is 1. The SMILES string of the molecule is CC1CCN(C(=N)c2c(F)cccc2NC(=O)c2c(Cl)cccc2C2CC2)CC1O.O=CO. The minimum absolute atomic E-state index is 0.0210. The van der Waals surface area contributed by atoms with Crippen molar-refractivity contribution in [2.24, 2.45) is 5.92 Å². The van der Waals surface area contributed by atoms with Gasteiger partial charge in [0.1, 0.15) is 11.7 Å². The number of anilines is 1. The van der Waals surface area contributed by atoms with Crippen LogP contribution in [0.4, 0.5) is 10.1 Å². The van der Waals surface area contributed by atoms with E-state index in [0.717, 1.165) is 18.4 Å². The smallest absolute Gasteiger partial charge is 0.290 e. The zero-order chi connectivity index (χ0) is 24.1. The maximum atomic E-state index is 14.8. The molecule has 1 saturated heterocycles. The Morgan fingerprint density at radius 3 is 2.52 bits per heavy atom. The number of β-amino-alcohol motifs (C(OH)–C–C–N with tert-alkyl or cyclic N) is 1. The molecule has 2 aliphatic rings. The first-order valence-electron chi connectivity index (χ1n) is 10.8. The third-order valence-corrected chi connectivity index (χ3v) is 6.34. The van der Waals surface area contributed by atoms with Crippen molar-refractivity contribution < 1.29 is 24.2 Å². The molecule has 9 heteroatoms. The van der Waals surface area contributed by atoms with Gasteiger partial charge in [-0.3, -0.25) is 15.0 Å². The molecule has 1 amide bonds. The Bertz CT molecular complexity index is 1040. The van der Waals surface area contributed by atoms with Crippen LogP contribution in [0.5, 0.6) is 0 Å². The number of amidine groups is 1. The van der Waals surface area contributed by atoms with Crippen molar-refractivity contribution in [3.63, 3.8) is 0 Å².